The van der Waals surface area contributed by atoms with Crippen molar-refractivity contribution in [2.45, 2.75) is 69.2 Å². The average molecular weight is 478 g/mol. The lowest BCUT2D eigenvalue weighted by atomic mass is 9.78. The van der Waals surface area contributed by atoms with Gasteiger partial charge in [0, 0.05) is 23.6 Å². The molecule has 0 aliphatic heterocycles. The summed E-state index contributed by atoms with van der Waals surface area (Å²) in [7, 11) is -3.38. The van der Waals surface area contributed by atoms with Crippen molar-refractivity contribution in [1.82, 2.24) is 14.3 Å². The number of hydrogen-bond acceptors (Lipinski definition) is 4. The first-order chi connectivity index (χ1) is 16.3. The minimum absolute atomic E-state index is 0.0177. The lowest BCUT2D eigenvalue weighted by Crippen LogP contribution is -2.46. The number of rotatable bonds is 7. The third-order valence-corrected chi connectivity index (χ3v) is 8.97. The highest BCUT2D eigenvalue weighted by Gasteiger charge is 2.41. The first-order valence-corrected chi connectivity index (χ1v) is 13.6. The maximum Gasteiger partial charge on any atom is 0.257 e. The van der Waals surface area contributed by atoms with Gasteiger partial charge < -0.3 is 0 Å². The molecule has 0 saturated heterocycles. The summed E-state index contributed by atoms with van der Waals surface area (Å²) < 4.78 is 30.4. The van der Waals surface area contributed by atoms with Gasteiger partial charge in [-0.15, -0.1) is 0 Å². The number of nitrogens with one attached hydrogen (secondary N) is 1. The van der Waals surface area contributed by atoms with Gasteiger partial charge in [0.15, 0.2) is 0 Å². The quantitative estimate of drug-likeness (QED) is 0.553. The topological polar surface area (TPSA) is 81.1 Å². The largest absolute Gasteiger partial charge is 0.296 e. The Hall–Kier alpha value is -2.77. The number of benzene rings is 2. The van der Waals surface area contributed by atoms with Gasteiger partial charge in [-0.25, -0.2) is 18.1 Å². The molecular formula is C27H31N3O3S. The zero-order valence-corrected chi connectivity index (χ0v) is 20.5. The van der Waals surface area contributed by atoms with Crippen LogP contribution in [0.15, 0.2) is 65.7 Å². The van der Waals surface area contributed by atoms with Crippen molar-refractivity contribution in [1.29, 1.82) is 0 Å². The Morgan fingerprint density at radius 3 is 2.47 bits per heavy atom. The first-order valence-electron chi connectivity index (χ1n) is 12.1. The Kier molecular flexibility index (Phi) is 6.16. The fraction of sp³-hybridized carbons (Fsp3) is 0.407. The molecule has 1 aromatic heterocycles. The van der Waals surface area contributed by atoms with Crippen LogP contribution in [0.4, 0.5) is 0 Å². The number of aromatic nitrogens is 2. The Bertz CT molecular complexity index is 1350. The molecule has 2 atom stereocenters. The van der Waals surface area contributed by atoms with Gasteiger partial charge in [0.1, 0.15) is 0 Å². The second kappa shape index (κ2) is 9.12. The van der Waals surface area contributed by atoms with E-state index >= 15 is 0 Å². The molecule has 6 nitrogen and oxygen atoms in total. The molecule has 7 heteroatoms. The average Bonchev–Trinajstić information content (AvgIpc) is 3.67. The molecule has 1 N–H and O–H groups in total. The normalized spacial score (nSPS) is 20.3. The van der Waals surface area contributed by atoms with E-state index < -0.39 is 10.0 Å². The monoisotopic (exact) mass is 477 g/mol. The van der Waals surface area contributed by atoms with Crippen LogP contribution in [-0.2, 0) is 22.9 Å². The molecule has 34 heavy (non-hydrogen) atoms. The molecular weight excluding hydrogens is 446 g/mol. The van der Waals surface area contributed by atoms with Crippen molar-refractivity contribution in [3.63, 3.8) is 0 Å². The van der Waals surface area contributed by atoms with Crippen molar-refractivity contribution in [3.8, 4) is 11.1 Å². The zero-order valence-electron chi connectivity index (χ0n) is 19.6. The van der Waals surface area contributed by atoms with Crippen LogP contribution in [-0.4, -0.2) is 29.3 Å². The van der Waals surface area contributed by atoms with Crippen molar-refractivity contribution in [3.05, 3.63) is 88.1 Å². The molecule has 1 heterocycles. The number of aryl methyl sites for hydroxylation is 1. The fourth-order valence-electron chi connectivity index (χ4n) is 4.98. The lowest BCUT2D eigenvalue weighted by molar-refractivity contribution is 0.412. The molecule has 2 aliphatic rings. The highest BCUT2D eigenvalue weighted by molar-refractivity contribution is 7.90. The van der Waals surface area contributed by atoms with E-state index in [-0.39, 0.29) is 28.8 Å². The Balaban J connectivity index is 1.55. The predicted molar refractivity (Wildman–Crippen MR) is 134 cm³/mol. The highest BCUT2D eigenvalue weighted by Crippen LogP contribution is 2.35. The molecule has 5 rings (SSSR count). The smallest absolute Gasteiger partial charge is 0.257 e. The number of nitrogens with zero attached hydrogens (tertiary/aromatic N) is 2. The summed E-state index contributed by atoms with van der Waals surface area (Å²) in [4.78, 5) is 18.2. The molecule has 2 aliphatic carbocycles. The summed E-state index contributed by atoms with van der Waals surface area (Å²) in [6.45, 7) is 3.92. The molecule has 0 bridgehead atoms. The molecule has 1 fully saturated rings. The van der Waals surface area contributed by atoms with Gasteiger partial charge in [-0.2, -0.15) is 0 Å². The van der Waals surface area contributed by atoms with Gasteiger partial charge in [0.2, 0.25) is 10.0 Å². The van der Waals surface area contributed by atoms with Crippen LogP contribution in [0.5, 0.6) is 0 Å². The van der Waals surface area contributed by atoms with Crippen LogP contribution < -0.4 is 10.3 Å². The van der Waals surface area contributed by atoms with E-state index in [0.717, 1.165) is 22.4 Å². The van der Waals surface area contributed by atoms with Crippen LogP contribution in [0.3, 0.4) is 0 Å². The summed E-state index contributed by atoms with van der Waals surface area (Å²) >= 11 is 0. The van der Waals surface area contributed by atoms with Gasteiger partial charge in [0.05, 0.1) is 17.3 Å². The third-order valence-electron chi connectivity index (χ3n) is 6.99. The zero-order chi connectivity index (χ0) is 23.9. The van der Waals surface area contributed by atoms with Gasteiger partial charge in [-0.3, -0.25) is 9.36 Å². The first kappa shape index (κ1) is 23.0. The van der Waals surface area contributed by atoms with E-state index in [1.165, 1.54) is 0 Å². The Labute approximate surface area is 201 Å². The maximum atomic E-state index is 13.5. The van der Waals surface area contributed by atoms with Crippen LogP contribution >= 0.6 is 0 Å². The van der Waals surface area contributed by atoms with Gasteiger partial charge >= 0.3 is 0 Å². The minimum Gasteiger partial charge on any atom is -0.296 e. The van der Waals surface area contributed by atoms with E-state index in [1.54, 1.807) is 10.9 Å². The van der Waals surface area contributed by atoms with Crippen LogP contribution in [0.2, 0.25) is 0 Å². The minimum atomic E-state index is -3.38. The molecule has 2 aromatic carbocycles. The summed E-state index contributed by atoms with van der Waals surface area (Å²) in [5.41, 5.74) is 4.72. The van der Waals surface area contributed by atoms with Gasteiger partial charge in [-0.05, 0) is 62.6 Å². The second-order valence-electron chi connectivity index (χ2n) is 9.80. The Morgan fingerprint density at radius 2 is 1.76 bits per heavy atom. The van der Waals surface area contributed by atoms with Crippen LogP contribution in [0.25, 0.3) is 11.1 Å². The highest BCUT2D eigenvalue weighted by atomic mass is 32.2. The predicted octanol–water partition coefficient (Wildman–Crippen LogP) is 4.21. The number of fused-ring (bicyclic) bond motifs is 1. The molecule has 0 amide bonds. The molecule has 0 unspecified atom stereocenters. The summed E-state index contributed by atoms with van der Waals surface area (Å²) in [5, 5.41) is -0.294. The summed E-state index contributed by atoms with van der Waals surface area (Å²) in [6.07, 6.45) is 4.87. The molecule has 1 saturated carbocycles. The van der Waals surface area contributed by atoms with Crippen molar-refractivity contribution >= 4 is 10.0 Å². The van der Waals surface area contributed by atoms with E-state index in [4.69, 9.17) is 0 Å². The van der Waals surface area contributed by atoms with E-state index in [2.05, 4.69) is 40.0 Å². The Morgan fingerprint density at radius 1 is 1.03 bits per heavy atom. The second-order valence-corrected chi connectivity index (χ2v) is 11.8. The summed E-state index contributed by atoms with van der Waals surface area (Å²) in [5.74, 6) is -0.269. The van der Waals surface area contributed by atoms with Crippen LogP contribution in [0.1, 0.15) is 61.9 Å². The van der Waals surface area contributed by atoms with Gasteiger partial charge in [-0.1, -0.05) is 54.6 Å². The lowest BCUT2D eigenvalue weighted by Gasteiger charge is -2.33. The standard InChI is InChI=1S/C27H31N3O3S/c1-18(2)30-17-28-25-14-13-24(29-34(32,33)22-11-12-22)23(26(25)27(30)31)16-19-7-6-10-21(15-19)20-8-4-3-5-9-20/h3-10,15,17-18,22-24,29H,11-14,16H2,1-2H3/t23-,24-/m0/s1. The molecule has 178 valence electrons. The number of hydrogen-bond donors (Lipinski definition) is 1. The number of sulfonamides is 1. The van der Waals surface area contributed by atoms with E-state index in [1.807, 2.05) is 38.1 Å². The third kappa shape index (κ3) is 4.59. The summed E-state index contributed by atoms with van der Waals surface area (Å²) in [6, 6.07) is 18.2. The molecule has 0 radical (unpaired) electrons. The van der Waals surface area contributed by atoms with Crippen molar-refractivity contribution < 1.29 is 8.42 Å². The van der Waals surface area contributed by atoms with E-state index in [9.17, 15) is 13.2 Å². The van der Waals surface area contributed by atoms with Crippen molar-refractivity contribution in [2.24, 2.45) is 0 Å². The molecule has 0 spiro atoms. The molecule has 3 aromatic rings. The van der Waals surface area contributed by atoms with E-state index in [0.29, 0.717) is 37.7 Å². The van der Waals surface area contributed by atoms with Gasteiger partial charge in [0.25, 0.3) is 5.56 Å². The van der Waals surface area contributed by atoms with Crippen molar-refractivity contribution in [2.75, 3.05) is 0 Å². The maximum absolute atomic E-state index is 13.5. The fourth-order valence-corrected chi connectivity index (χ4v) is 6.64. The van der Waals surface area contributed by atoms with Crippen LogP contribution in [0, 0.1) is 0 Å². The SMILES string of the molecule is CC(C)n1cnc2c(c1=O)[C@@H](Cc1cccc(-c3ccccc3)c1)[C@@H](NS(=O)(=O)C1CC1)CC2.